The Morgan fingerprint density at radius 1 is 1.20 bits per heavy atom. The molecule has 30 heavy (non-hydrogen) atoms. The molecule has 1 aliphatic heterocycles. The van der Waals surface area contributed by atoms with Crippen molar-refractivity contribution < 1.29 is 8.78 Å². The Balaban J connectivity index is 0.00000320. The number of aromatic nitrogens is 2. The van der Waals surface area contributed by atoms with Gasteiger partial charge in [-0.1, -0.05) is 42.5 Å². The van der Waals surface area contributed by atoms with Crippen LogP contribution < -0.4 is 5.32 Å². The van der Waals surface area contributed by atoms with E-state index in [1.54, 1.807) is 0 Å². The van der Waals surface area contributed by atoms with Gasteiger partial charge in [0.25, 0.3) is 0 Å². The predicted octanol–water partition coefficient (Wildman–Crippen LogP) is 3.69. The van der Waals surface area contributed by atoms with Gasteiger partial charge in [0.05, 0.1) is 0 Å². The van der Waals surface area contributed by atoms with E-state index in [0.29, 0.717) is 0 Å². The van der Waals surface area contributed by atoms with Gasteiger partial charge in [-0.05, 0) is 12.5 Å². The Morgan fingerprint density at radius 3 is 2.60 bits per heavy atom. The maximum Gasteiger partial charge on any atom is 0.319 e. The van der Waals surface area contributed by atoms with Crippen molar-refractivity contribution in [1.82, 2.24) is 24.7 Å². The molecule has 1 fully saturated rings. The average molecular weight is 530 g/mol. The molecule has 0 unspecified atom stereocenters. The van der Waals surface area contributed by atoms with Crippen LogP contribution in [0.1, 0.15) is 24.9 Å². The second-order valence-corrected chi connectivity index (χ2v) is 6.80. The standard InChI is InChI=1S/C21H28F2N6.HI/c1-2-24-21(26-17-19-25-10-12-29(19)20(22)23)28-15-13-27(14-16-28)11-6-9-18-7-4-3-5-8-18;/h3-10,12,20H,2,11,13-17H2,1H3,(H,24,26);1H/b9-6+;. The molecule has 0 spiro atoms. The summed E-state index contributed by atoms with van der Waals surface area (Å²) in [6, 6.07) is 10.3. The zero-order valence-corrected chi connectivity index (χ0v) is 19.5. The van der Waals surface area contributed by atoms with Crippen molar-refractivity contribution in [2.24, 2.45) is 4.99 Å². The average Bonchev–Trinajstić information content (AvgIpc) is 3.21. The molecule has 0 radical (unpaired) electrons. The maximum absolute atomic E-state index is 13.0. The van der Waals surface area contributed by atoms with E-state index in [9.17, 15) is 8.78 Å². The van der Waals surface area contributed by atoms with Gasteiger partial charge in [0, 0.05) is 51.7 Å². The molecular formula is C21H29F2IN6. The van der Waals surface area contributed by atoms with Gasteiger partial charge in [0.1, 0.15) is 12.4 Å². The summed E-state index contributed by atoms with van der Waals surface area (Å²) in [5, 5.41) is 3.26. The molecule has 6 nitrogen and oxygen atoms in total. The number of halogens is 3. The highest BCUT2D eigenvalue weighted by molar-refractivity contribution is 14.0. The Bertz CT molecular complexity index is 801. The van der Waals surface area contributed by atoms with Crippen LogP contribution in [0.3, 0.4) is 0 Å². The van der Waals surface area contributed by atoms with Gasteiger partial charge < -0.3 is 10.2 Å². The van der Waals surface area contributed by atoms with E-state index in [2.05, 4.69) is 49.4 Å². The molecule has 2 heterocycles. The van der Waals surface area contributed by atoms with Gasteiger partial charge in [0.2, 0.25) is 0 Å². The number of nitrogens with zero attached hydrogens (tertiary/aromatic N) is 5. The fourth-order valence-corrected chi connectivity index (χ4v) is 3.26. The van der Waals surface area contributed by atoms with Gasteiger partial charge in [-0.15, -0.1) is 24.0 Å². The van der Waals surface area contributed by atoms with E-state index < -0.39 is 6.55 Å². The Morgan fingerprint density at radius 2 is 1.93 bits per heavy atom. The number of aliphatic imine (C=N–C) groups is 1. The SMILES string of the molecule is CCNC(=NCc1nccn1C(F)F)N1CCN(C/C=C/c2ccccc2)CC1.I. The summed E-state index contributed by atoms with van der Waals surface area (Å²) in [4.78, 5) is 13.1. The third kappa shape index (κ3) is 7.05. The van der Waals surface area contributed by atoms with E-state index in [-0.39, 0.29) is 36.3 Å². The lowest BCUT2D eigenvalue weighted by Gasteiger charge is -2.36. The van der Waals surface area contributed by atoms with Crippen LogP contribution >= 0.6 is 24.0 Å². The topological polar surface area (TPSA) is 48.7 Å². The summed E-state index contributed by atoms with van der Waals surface area (Å²) in [6.07, 6.45) is 6.99. The quantitative estimate of drug-likeness (QED) is 0.337. The summed E-state index contributed by atoms with van der Waals surface area (Å²) < 4.78 is 26.8. The van der Waals surface area contributed by atoms with Crippen molar-refractivity contribution in [2.75, 3.05) is 39.3 Å². The van der Waals surface area contributed by atoms with Gasteiger partial charge in [-0.25, -0.2) is 9.98 Å². The molecule has 2 aromatic rings. The van der Waals surface area contributed by atoms with Crippen LogP contribution in [0.25, 0.3) is 6.08 Å². The van der Waals surface area contributed by atoms with Gasteiger partial charge in [-0.2, -0.15) is 8.78 Å². The van der Waals surface area contributed by atoms with Crippen molar-refractivity contribution in [2.45, 2.75) is 20.0 Å². The van der Waals surface area contributed by atoms with Crippen LogP contribution in [-0.2, 0) is 6.54 Å². The molecule has 3 rings (SSSR count). The number of guanidine groups is 1. The molecule has 164 valence electrons. The third-order valence-electron chi connectivity index (χ3n) is 4.81. The van der Waals surface area contributed by atoms with E-state index in [4.69, 9.17) is 0 Å². The second-order valence-electron chi connectivity index (χ2n) is 6.80. The molecule has 0 aliphatic carbocycles. The highest BCUT2D eigenvalue weighted by Crippen LogP contribution is 2.13. The summed E-state index contributed by atoms with van der Waals surface area (Å²) in [7, 11) is 0. The summed E-state index contributed by atoms with van der Waals surface area (Å²) >= 11 is 0. The molecule has 1 aromatic carbocycles. The van der Waals surface area contributed by atoms with E-state index >= 15 is 0 Å². The van der Waals surface area contributed by atoms with Crippen molar-refractivity contribution in [3.05, 3.63) is 60.2 Å². The van der Waals surface area contributed by atoms with Crippen LogP contribution in [0.2, 0.25) is 0 Å². The fourth-order valence-electron chi connectivity index (χ4n) is 3.26. The molecular weight excluding hydrogens is 501 g/mol. The Hall–Kier alpha value is -2.01. The van der Waals surface area contributed by atoms with Gasteiger partial charge in [-0.3, -0.25) is 9.47 Å². The number of piperazine rings is 1. The van der Waals surface area contributed by atoms with E-state index in [1.165, 1.54) is 18.0 Å². The van der Waals surface area contributed by atoms with Crippen LogP contribution in [0.4, 0.5) is 8.78 Å². The lowest BCUT2D eigenvalue weighted by Crippen LogP contribution is -2.52. The van der Waals surface area contributed by atoms with Crippen LogP contribution in [0.15, 0.2) is 53.8 Å². The first-order valence-electron chi connectivity index (χ1n) is 9.94. The number of benzene rings is 1. The third-order valence-corrected chi connectivity index (χ3v) is 4.81. The lowest BCUT2D eigenvalue weighted by atomic mass is 10.2. The molecule has 0 bridgehead atoms. The number of hydrogen-bond donors (Lipinski definition) is 1. The number of alkyl halides is 2. The van der Waals surface area contributed by atoms with E-state index in [1.807, 2.05) is 25.1 Å². The Labute approximate surface area is 193 Å². The smallest absolute Gasteiger partial charge is 0.319 e. The summed E-state index contributed by atoms with van der Waals surface area (Å²) in [5.74, 6) is 1.01. The van der Waals surface area contributed by atoms with Crippen LogP contribution in [0.5, 0.6) is 0 Å². The van der Waals surface area contributed by atoms with Gasteiger partial charge in [0.15, 0.2) is 5.96 Å². The molecule has 0 saturated carbocycles. The lowest BCUT2D eigenvalue weighted by molar-refractivity contribution is 0.0670. The van der Waals surface area contributed by atoms with Crippen LogP contribution in [-0.4, -0.2) is 64.6 Å². The first kappa shape index (κ1) is 24.3. The Kier molecular flexibility index (Phi) is 10.2. The van der Waals surface area contributed by atoms with Crippen molar-refractivity contribution in [3.63, 3.8) is 0 Å². The minimum Gasteiger partial charge on any atom is -0.357 e. The molecule has 0 amide bonds. The van der Waals surface area contributed by atoms with Gasteiger partial charge >= 0.3 is 6.55 Å². The van der Waals surface area contributed by atoms with Crippen molar-refractivity contribution >= 4 is 36.0 Å². The summed E-state index contributed by atoms with van der Waals surface area (Å²) in [5.41, 5.74) is 1.20. The fraction of sp³-hybridized carbons (Fsp3) is 0.429. The maximum atomic E-state index is 13.0. The molecule has 1 aliphatic rings. The highest BCUT2D eigenvalue weighted by Gasteiger charge is 2.19. The van der Waals surface area contributed by atoms with Crippen molar-refractivity contribution in [1.29, 1.82) is 0 Å². The van der Waals surface area contributed by atoms with Crippen molar-refractivity contribution in [3.8, 4) is 0 Å². The van der Waals surface area contributed by atoms with Crippen LogP contribution in [0, 0.1) is 0 Å². The second kappa shape index (κ2) is 12.6. The normalized spacial score (nSPS) is 15.6. The number of nitrogens with one attached hydrogen (secondary N) is 1. The number of hydrogen-bond acceptors (Lipinski definition) is 3. The molecule has 9 heteroatoms. The zero-order chi connectivity index (χ0) is 20.5. The molecule has 1 N–H and O–H groups in total. The van der Waals surface area contributed by atoms with E-state index in [0.717, 1.165) is 49.8 Å². The minimum atomic E-state index is -2.60. The highest BCUT2D eigenvalue weighted by atomic mass is 127. The minimum absolute atomic E-state index is 0. The number of imidazole rings is 1. The largest absolute Gasteiger partial charge is 0.357 e. The summed E-state index contributed by atoms with van der Waals surface area (Å²) in [6.45, 7) is 4.69. The molecule has 1 saturated heterocycles. The first-order valence-corrected chi connectivity index (χ1v) is 9.94. The predicted molar refractivity (Wildman–Crippen MR) is 127 cm³/mol. The monoisotopic (exact) mass is 530 g/mol. The molecule has 1 aromatic heterocycles. The first-order chi connectivity index (χ1) is 14.2. The zero-order valence-electron chi connectivity index (χ0n) is 17.1. The molecule has 0 atom stereocenters. The number of rotatable bonds is 7.